The molecule has 1 aliphatic carbocycles. The van der Waals surface area contributed by atoms with Crippen molar-refractivity contribution in [2.75, 3.05) is 5.32 Å². The predicted molar refractivity (Wildman–Crippen MR) is 98.6 cm³/mol. The van der Waals surface area contributed by atoms with Crippen molar-refractivity contribution in [3.63, 3.8) is 0 Å². The Morgan fingerprint density at radius 2 is 1.96 bits per heavy atom. The van der Waals surface area contributed by atoms with Crippen LogP contribution in [0.2, 0.25) is 0 Å². The maximum Gasteiger partial charge on any atom is 0.335 e. The molecular formula is C19H19BrN2O3. The minimum absolute atomic E-state index is 0.114. The van der Waals surface area contributed by atoms with E-state index in [9.17, 15) is 9.59 Å². The monoisotopic (exact) mass is 402 g/mol. The Labute approximate surface area is 154 Å². The number of aromatic nitrogens is 1. The molecule has 1 aliphatic rings. The van der Waals surface area contributed by atoms with Crippen LogP contribution in [0.25, 0.3) is 0 Å². The van der Waals surface area contributed by atoms with Gasteiger partial charge in [-0.3, -0.25) is 9.78 Å². The molecule has 3 rings (SSSR count). The lowest BCUT2D eigenvalue weighted by atomic mass is 9.96. The number of carboxylic acids is 1. The number of carbonyl (C=O) groups is 2. The Balaban J connectivity index is 1.76. The highest BCUT2D eigenvalue weighted by atomic mass is 79.9. The zero-order chi connectivity index (χ0) is 18.0. The number of rotatable bonds is 6. The number of pyridine rings is 1. The molecule has 3 unspecified atom stereocenters. The van der Waals surface area contributed by atoms with E-state index >= 15 is 0 Å². The van der Waals surface area contributed by atoms with Gasteiger partial charge in [0.25, 0.3) is 0 Å². The van der Waals surface area contributed by atoms with E-state index in [-0.39, 0.29) is 17.4 Å². The predicted octanol–water partition coefficient (Wildman–Crippen LogP) is 4.31. The fraction of sp³-hybridized carbons (Fsp3) is 0.316. The first-order valence-corrected chi connectivity index (χ1v) is 8.99. The minimum Gasteiger partial charge on any atom is -0.478 e. The summed E-state index contributed by atoms with van der Waals surface area (Å²) in [6, 6.07) is 9.93. The van der Waals surface area contributed by atoms with Crippen molar-refractivity contribution < 1.29 is 14.7 Å². The summed E-state index contributed by atoms with van der Waals surface area (Å²) >= 11 is 3.37. The molecule has 6 heteroatoms. The third-order valence-corrected chi connectivity index (χ3v) is 5.11. The Bertz CT molecular complexity index is 774. The van der Waals surface area contributed by atoms with Gasteiger partial charge in [0.15, 0.2) is 0 Å². The molecule has 1 heterocycles. The SMILES string of the molecule is CC1CC1CC(C(=O)Nc1ccc(C(=O)O)cc1)c1ccc(Br)cn1. The lowest BCUT2D eigenvalue weighted by Crippen LogP contribution is -2.22. The number of halogens is 1. The molecule has 130 valence electrons. The topological polar surface area (TPSA) is 79.3 Å². The molecule has 25 heavy (non-hydrogen) atoms. The molecule has 0 radical (unpaired) electrons. The van der Waals surface area contributed by atoms with Crippen molar-refractivity contribution in [2.45, 2.75) is 25.7 Å². The van der Waals surface area contributed by atoms with Crippen molar-refractivity contribution in [3.8, 4) is 0 Å². The van der Waals surface area contributed by atoms with Gasteiger partial charge in [-0.05, 0) is 77.0 Å². The average Bonchev–Trinajstić information content (AvgIpc) is 3.29. The third kappa shape index (κ3) is 4.45. The van der Waals surface area contributed by atoms with E-state index in [1.165, 1.54) is 12.1 Å². The first-order valence-electron chi connectivity index (χ1n) is 8.19. The number of nitrogens with one attached hydrogen (secondary N) is 1. The van der Waals surface area contributed by atoms with E-state index in [2.05, 4.69) is 33.2 Å². The highest BCUT2D eigenvalue weighted by molar-refractivity contribution is 9.10. The quantitative estimate of drug-likeness (QED) is 0.754. The van der Waals surface area contributed by atoms with E-state index in [4.69, 9.17) is 5.11 Å². The van der Waals surface area contributed by atoms with Gasteiger partial charge in [-0.1, -0.05) is 6.92 Å². The standard InChI is InChI=1S/C19H19BrN2O3/c1-11-8-13(11)9-16(17-7-4-14(20)10-21-17)18(23)22-15-5-2-12(3-6-15)19(24)25/h2-7,10-11,13,16H,8-9H2,1H3,(H,22,23)(H,24,25). The third-order valence-electron chi connectivity index (χ3n) is 4.64. The van der Waals surface area contributed by atoms with E-state index in [1.54, 1.807) is 18.3 Å². The van der Waals surface area contributed by atoms with Gasteiger partial charge in [-0.2, -0.15) is 0 Å². The molecule has 0 bridgehead atoms. The second-order valence-electron chi connectivity index (χ2n) is 6.53. The summed E-state index contributed by atoms with van der Waals surface area (Å²) in [5.74, 6) is -0.215. The largest absolute Gasteiger partial charge is 0.478 e. The Morgan fingerprint density at radius 3 is 2.48 bits per heavy atom. The van der Waals surface area contributed by atoms with Gasteiger partial charge in [-0.25, -0.2) is 4.79 Å². The van der Waals surface area contributed by atoms with Crippen LogP contribution in [0.4, 0.5) is 5.69 Å². The Morgan fingerprint density at radius 1 is 1.28 bits per heavy atom. The molecule has 2 aromatic rings. The molecule has 5 nitrogen and oxygen atoms in total. The molecule has 1 saturated carbocycles. The second-order valence-corrected chi connectivity index (χ2v) is 7.45. The zero-order valence-corrected chi connectivity index (χ0v) is 15.4. The fourth-order valence-electron chi connectivity index (χ4n) is 2.91. The number of carboxylic acid groups (broad SMARTS) is 1. The second kappa shape index (κ2) is 7.35. The maximum absolute atomic E-state index is 12.8. The van der Waals surface area contributed by atoms with Gasteiger partial charge in [0.05, 0.1) is 17.2 Å². The van der Waals surface area contributed by atoms with Crippen LogP contribution in [0.15, 0.2) is 47.1 Å². The van der Waals surface area contributed by atoms with Gasteiger partial charge in [0, 0.05) is 16.4 Å². The minimum atomic E-state index is -0.988. The molecule has 3 atom stereocenters. The Hall–Kier alpha value is -2.21. The number of carbonyl (C=O) groups excluding carboxylic acids is 1. The number of hydrogen-bond donors (Lipinski definition) is 2. The van der Waals surface area contributed by atoms with Gasteiger partial charge >= 0.3 is 5.97 Å². The van der Waals surface area contributed by atoms with Crippen molar-refractivity contribution in [1.29, 1.82) is 0 Å². The molecule has 2 N–H and O–H groups in total. The lowest BCUT2D eigenvalue weighted by Gasteiger charge is -2.17. The average molecular weight is 403 g/mol. The van der Waals surface area contributed by atoms with Crippen molar-refractivity contribution in [1.82, 2.24) is 4.98 Å². The molecule has 1 aromatic heterocycles. The number of amides is 1. The molecule has 1 amide bonds. The van der Waals surface area contributed by atoms with Gasteiger partial charge < -0.3 is 10.4 Å². The van der Waals surface area contributed by atoms with Crippen LogP contribution < -0.4 is 5.32 Å². The van der Waals surface area contributed by atoms with Crippen LogP contribution in [-0.2, 0) is 4.79 Å². The first-order chi connectivity index (χ1) is 11.9. The fourth-order valence-corrected chi connectivity index (χ4v) is 3.15. The molecule has 0 saturated heterocycles. The van der Waals surface area contributed by atoms with Crippen LogP contribution >= 0.6 is 15.9 Å². The highest BCUT2D eigenvalue weighted by Gasteiger charge is 2.37. The van der Waals surface area contributed by atoms with Gasteiger partial charge in [-0.15, -0.1) is 0 Å². The summed E-state index contributed by atoms with van der Waals surface area (Å²) in [6.07, 6.45) is 3.62. The molecular weight excluding hydrogens is 384 g/mol. The summed E-state index contributed by atoms with van der Waals surface area (Å²) in [7, 11) is 0. The van der Waals surface area contributed by atoms with Crippen molar-refractivity contribution >= 4 is 33.5 Å². The zero-order valence-electron chi connectivity index (χ0n) is 13.8. The van der Waals surface area contributed by atoms with Crippen LogP contribution in [0.1, 0.15) is 41.7 Å². The van der Waals surface area contributed by atoms with Crippen molar-refractivity contribution in [3.05, 3.63) is 58.3 Å². The molecule has 0 spiro atoms. The number of hydrogen-bond acceptors (Lipinski definition) is 3. The first kappa shape index (κ1) is 17.6. The normalized spacial score (nSPS) is 19.9. The molecule has 1 fully saturated rings. The van der Waals surface area contributed by atoms with Crippen LogP contribution in [0, 0.1) is 11.8 Å². The van der Waals surface area contributed by atoms with E-state index in [0.29, 0.717) is 17.5 Å². The summed E-state index contributed by atoms with van der Waals surface area (Å²) in [6.45, 7) is 2.19. The maximum atomic E-state index is 12.8. The van der Waals surface area contributed by atoms with Crippen molar-refractivity contribution in [2.24, 2.45) is 11.8 Å². The lowest BCUT2D eigenvalue weighted by molar-refractivity contribution is -0.117. The van der Waals surface area contributed by atoms with E-state index in [0.717, 1.165) is 23.0 Å². The van der Waals surface area contributed by atoms with Gasteiger partial charge in [0.1, 0.15) is 0 Å². The number of anilines is 1. The summed E-state index contributed by atoms with van der Waals surface area (Å²) in [5, 5.41) is 11.8. The van der Waals surface area contributed by atoms with Gasteiger partial charge in [0.2, 0.25) is 5.91 Å². The van der Waals surface area contributed by atoms with Crippen LogP contribution in [-0.4, -0.2) is 22.0 Å². The molecule has 1 aromatic carbocycles. The Kier molecular flexibility index (Phi) is 5.18. The van der Waals surface area contributed by atoms with Crippen LogP contribution in [0.3, 0.4) is 0 Å². The number of aromatic carboxylic acids is 1. The molecule has 0 aliphatic heterocycles. The summed E-state index contributed by atoms with van der Waals surface area (Å²) < 4.78 is 0.874. The summed E-state index contributed by atoms with van der Waals surface area (Å²) in [4.78, 5) is 28.1. The highest BCUT2D eigenvalue weighted by Crippen LogP contribution is 2.44. The number of benzene rings is 1. The van der Waals surface area contributed by atoms with E-state index < -0.39 is 5.97 Å². The number of nitrogens with zero attached hydrogens (tertiary/aromatic N) is 1. The van der Waals surface area contributed by atoms with Crippen LogP contribution in [0.5, 0.6) is 0 Å². The summed E-state index contributed by atoms with van der Waals surface area (Å²) in [5.41, 5.74) is 1.53. The van der Waals surface area contributed by atoms with E-state index in [1.807, 2.05) is 12.1 Å². The smallest absolute Gasteiger partial charge is 0.335 e.